The largest absolute Gasteiger partial charge is 0.504 e. The Morgan fingerprint density at radius 2 is 1.91 bits per heavy atom. The monoisotopic (exact) mass is 315 g/mol. The fourth-order valence-electron chi connectivity index (χ4n) is 2.01. The Labute approximate surface area is 135 Å². The van der Waals surface area contributed by atoms with Crippen molar-refractivity contribution >= 4 is 11.6 Å². The first-order valence-corrected chi connectivity index (χ1v) is 7.55. The van der Waals surface area contributed by atoms with Crippen LogP contribution in [-0.2, 0) is 0 Å². The van der Waals surface area contributed by atoms with Crippen LogP contribution in [0, 0.1) is 0 Å². The van der Waals surface area contributed by atoms with Crippen LogP contribution in [-0.4, -0.2) is 24.7 Å². The molecular weight excluding hydrogens is 294 g/mol. The van der Waals surface area contributed by atoms with Crippen LogP contribution in [0.1, 0.15) is 30.1 Å². The van der Waals surface area contributed by atoms with Crippen molar-refractivity contribution < 1.29 is 19.4 Å². The van der Waals surface area contributed by atoms with Gasteiger partial charge in [0.2, 0.25) is 0 Å². The topological polar surface area (TPSA) is 67.8 Å². The summed E-state index contributed by atoms with van der Waals surface area (Å²) in [6.07, 6.45) is 2.08. The molecular formula is C18H21NO4. The van der Waals surface area contributed by atoms with Crippen molar-refractivity contribution in [2.24, 2.45) is 0 Å². The molecule has 0 aliphatic heterocycles. The molecule has 5 heteroatoms. The number of carbonyl (C=O) groups excluding carboxylic acids is 1. The Morgan fingerprint density at radius 3 is 2.52 bits per heavy atom. The van der Waals surface area contributed by atoms with Crippen LogP contribution < -0.4 is 14.8 Å². The fraction of sp³-hybridized carbons (Fsp3) is 0.278. The summed E-state index contributed by atoms with van der Waals surface area (Å²) in [6, 6.07) is 11.7. The van der Waals surface area contributed by atoms with E-state index in [1.165, 1.54) is 13.2 Å². The second-order valence-corrected chi connectivity index (χ2v) is 5.07. The number of phenols is 1. The summed E-state index contributed by atoms with van der Waals surface area (Å²) in [6.45, 7) is 2.78. The van der Waals surface area contributed by atoms with E-state index in [9.17, 15) is 9.90 Å². The number of anilines is 1. The highest BCUT2D eigenvalue weighted by molar-refractivity contribution is 6.04. The first kappa shape index (κ1) is 16.7. The number of nitrogens with one attached hydrogen (secondary N) is 1. The van der Waals surface area contributed by atoms with Crippen LogP contribution in [0.3, 0.4) is 0 Å². The number of ether oxygens (including phenoxy) is 2. The van der Waals surface area contributed by atoms with Crippen LogP contribution in [0.5, 0.6) is 17.2 Å². The van der Waals surface area contributed by atoms with Crippen molar-refractivity contribution in [1.82, 2.24) is 0 Å². The second kappa shape index (κ2) is 8.08. The molecule has 23 heavy (non-hydrogen) atoms. The number of aromatic hydroxyl groups is 1. The van der Waals surface area contributed by atoms with Gasteiger partial charge in [0.1, 0.15) is 5.75 Å². The average molecular weight is 315 g/mol. The highest BCUT2D eigenvalue weighted by Gasteiger charge is 2.08. The summed E-state index contributed by atoms with van der Waals surface area (Å²) >= 11 is 0. The molecule has 0 aromatic heterocycles. The molecule has 5 nitrogen and oxygen atoms in total. The van der Waals surface area contributed by atoms with Crippen molar-refractivity contribution in [3.05, 3.63) is 48.0 Å². The lowest BCUT2D eigenvalue weighted by Gasteiger charge is -2.09. The average Bonchev–Trinajstić information content (AvgIpc) is 2.56. The molecule has 0 heterocycles. The molecule has 0 atom stereocenters. The number of hydrogen-bond donors (Lipinski definition) is 2. The van der Waals surface area contributed by atoms with Crippen LogP contribution >= 0.6 is 0 Å². The maximum Gasteiger partial charge on any atom is 0.255 e. The predicted octanol–water partition coefficient (Wildman–Crippen LogP) is 3.83. The number of phenolic OH excluding ortho intramolecular Hbond substituents is 1. The lowest BCUT2D eigenvalue weighted by Crippen LogP contribution is -2.11. The van der Waals surface area contributed by atoms with E-state index >= 15 is 0 Å². The van der Waals surface area contributed by atoms with Crippen molar-refractivity contribution in [3.63, 3.8) is 0 Å². The van der Waals surface area contributed by atoms with E-state index in [2.05, 4.69) is 12.2 Å². The van der Waals surface area contributed by atoms with Crippen LogP contribution in [0.2, 0.25) is 0 Å². The molecule has 2 rings (SSSR count). The third-order valence-electron chi connectivity index (χ3n) is 3.32. The normalized spacial score (nSPS) is 10.2. The maximum atomic E-state index is 12.2. The van der Waals surface area contributed by atoms with E-state index in [0.717, 1.165) is 18.6 Å². The zero-order valence-corrected chi connectivity index (χ0v) is 13.3. The van der Waals surface area contributed by atoms with Crippen LogP contribution in [0.15, 0.2) is 42.5 Å². The summed E-state index contributed by atoms with van der Waals surface area (Å²) in [4.78, 5) is 12.2. The van der Waals surface area contributed by atoms with Crippen molar-refractivity contribution in [2.45, 2.75) is 19.8 Å². The number of unbranched alkanes of at least 4 members (excludes halogenated alkanes) is 1. The molecule has 0 aliphatic carbocycles. The standard InChI is InChI=1S/C18H21NO4/c1-3-4-11-23-15-8-5-13(6-9-15)18(21)19-14-7-10-17(22-2)16(20)12-14/h5-10,12,20H,3-4,11H2,1-2H3,(H,19,21). The van der Waals surface area contributed by atoms with Gasteiger partial charge in [-0.1, -0.05) is 13.3 Å². The van der Waals surface area contributed by atoms with E-state index in [1.807, 2.05) is 0 Å². The van der Waals surface area contributed by atoms with E-state index in [4.69, 9.17) is 9.47 Å². The predicted molar refractivity (Wildman–Crippen MR) is 89.5 cm³/mol. The Bertz CT molecular complexity index is 653. The number of rotatable bonds is 7. The zero-order chi connectivity index (χ0) is 16.7. The molecule has 0 radical (unpaired) electrons. The Balaban J connectivity index is 1.99. The minimum absolute atomic E-state index is 0.0232. The summed E-state index contributed by atoms with van der Waals surface area (Å²) in [5, 5.41) is 12.4. The molecule has 0 saturated carbocycles. The summed E-state index contributed by atoms with van der Waals surface area (Å²) in [5.74, 6) is 0.827. The van der Waals surface area contributed by atoms with Gasteiger partial charge in [-0.05, 0) is 42.8 Å². The van der Waals surface area contributed by atoms with Gasteiger partial charge in [0.05, 0.1) is 13.7 Å². The molecule has 0 bridgehead atoms. The van der Waals surface area contributed by atoms with Gasteiger partial charge in [0, 0.05) is 17.3 Å². The summed E-state index contributed by atoms with van der Waals surface area (Å²) in [7, 11) is 1.47. The number of carbonyl (C=O) groups is 1. The molecule has 0 fully saturated rings. The number of hydrogen-bond acceptors (Lipinski definition) is 4. The molecule has 0 aliphatic rings. The van der Waals surface area contributed by atoms with E-state index in [-0.39, 0.29) is 11.7 Å². The Morgan fingerprint density at radius 1 is 1.17 bits per heavy atom. The minimum atomic E-state index is -0.255. The van der Waals surface area contributed by atoms with Gasteiger partial charge in [-0.15, -0.1) is 0 Å². The summed E-state index contributed by atoms with van der Waals surface area (Å²) in [5.41, 5.74) is 1.01. The molecule has 0 saturated heterocycles. The van der Waals surface area contributed by atoms with Gasteiger partial charge in [-0.2, -0.15) is 0 Å². The first-order valence-electron chi connectivity index (χ1n) is 7.55. The molecule has 122 valence electrons. The minimum Gasteiger partial charge on any atom is -0.504 e. The summed E-state index contributed by atoms with van der Waals surface area (Å²) < 4.78 is 10.5. The number of amides is 1. The van der Waals surface area contributed by atoms with Crippen LogP contribution in [0.25, 0.3) is 0 Å². The van der Waals surface area contributed by atoms with Gasteiger partial charge in [0.15, 0.2) is 11.5 Å². The van der Waals surface area contributed by atoms with E-state index < -0.39 is 0 Å². The highest BCUT2D eigenvalue weighted by Crippen LogP contribution is 2.28. The zero-order valence-electron chi connectivity index (χ0n) is 13.3. The number of benzene rings is 2. The van der Waals surface area contributed by atoms with E-state index in [1.54, 1.807) is 36.4 Å². The Kier molecular flexibility index (Phi) is 5.86. The smallest absolute Gasteiger partial charge is 0.255 e. The quantitative estimate of drug-likeness (QED) is 0.762. The Hall–Kier alpha value is -2.69. The second-order valence-electron chi connectivity index (χ2n) is 5.07. The maximum absolute atomic E-state index is 12.2. The SMILES string of the molecule is CCCCOc1ccc(C(=O)Nc2ccc(OC)c(O)c2)cc1. The molecule has 0 spiro atoms. The molecule has 2 aromatic rings. The lowest BCUT2D eigenvalue weighted by molar-refractivity contribution is 0.102. The van der Waals surface area contributed by atoms with E-state index in [0.29, 0.717) is 23.6 Å². The molecule has 0 unspecified atom stereocenters. The third kappa shape index (κ3) is 4.64. The fourth-order valence-corrected chi connectivity index (χ4v) is 2.01. The van der Waals surface area contributed by atoms with Crippen LogP contribution in [0.4, 0.5) is 5.69 Å². The van der Waals surface area contributed by atoms with Crippen molar-refractivity contribution in [3.8, 4) is 17.2 Å². The van der Waals surface area contributed by atoms with Gasteiger partial charge >= 0.3 is 0 Å². The highest BCUT2D eigenvalue weighted by atomic mass is 16.5. The first-order chi connectivity index (χ1) is 11.1. The molecule has 2 N–H and O–H groups in total. The molecule has 2 aromatic carbocycles. The third-order valence-corrected chi connectivity index (χ3v) is 3.32. The lowest BCUT2D eigenvalue weighted by atomic mass is 10.2. The van der Waals surface area contributed by atoms with Crippen molar-refractivity contribution in [1.29, 1.82) is 0 Å². The van der Waals surface area contributed by atoms with Gasteiger partial charge in [-0.3, -0.25) is 4.79 Å². The van der Waals surface area contributed by atoms with Crippen molar-refractivity contribution in [2.75, 3.05) is 19.0 Å². The number of methoxy groups -OCH3 is 1. The van der Waals surface area contributed by atoms with Gasteiger partial charge in [-0.25, -0.2) is 0 Å². The van der Waals surface area contributed by atoms with Gasteiger partial charge < -0.3 is 19.9 Å². The van der Waals surface area contributed by atoms with Gasteiger partial charge in [0.25, 0.3) is 5.91 Å². The molecule has 1 amide bonds.